The van der Waals surface area contributed by atoms with Gasteiger partial charge in [0.1, 0.15) is 10.9 Å². The molecular formula is C17H17ClN2O4S3. The summed E-state index contributed by atoms with van der Waals surface area (Å²) in [7, 11) is -1.53. The summed E-state index contributed by atoms with van der Waals surface area (Å²) in [6.45, 7) is -0.199. The number of amides is 2. The predicted molar refractivity (Wildman–Crippen MR) is 111 cm³/mol. The summed E-state index contributed by atoms with van der Waals surface area (Å²) in [6.07, 6.45) is 2.12. The van der Waals surface area contributed by atoms with Crippen molar-refractivity contribution in [2.75, 3.05) is 25.1 Å². The van der Waals surface area contributed by atoms with Gasteiger partial charge in [-0.2, -0.15) is 0 Å². The van der Waals surface area contributed by atoms with Gasteiger partial charge >= 0.3 is 0 Å². The molecule has 10 heteroatoms. The lowest BCUT2D eigenvalue weighted by Crippen LogP contribution is -2.45. The van der Waals surface area contributed by atoms with Crippen molar-refractivity contribution in [2.24, 2.45) is 0 Å². The van der Waals surface area contributed by atoms with Crippen LogP contribution in [0.15, 0.2) is 29.2 Å². The molecule has 2 saturated heterocycles. The minimum absolute atomic E-state index is 0.0376. The highest BCUT2D eigenvalue weighted by Crippen LogP contribution is 2.32. The Balaban J connectivity index is 1.68. The van der Waals surface area contributed by atoms with Crippen LogP contribution < -0.4 is 0 Å². The first-order valence-corrected chi connectivity index (χ1v) is 11.6. The van der Waals surface area contributed by atoms with Gasteiger partial charge in [0.2, 0.25) is 5.91 Å². The lowest BCUT2D eigenvalue weighted by molar-refractivity contribution is -0.135. The second kappa shape index (κ2) is 7.90. The molecule has 2 amide bonds. The molecule has 1 unspecified atom stereocenters. The molecule has 0 spiro atoms. The Morgan fingerprint density at radius 2 is 2.07 bits per heavy atom. The third-order valence-electron chi connectivity index (χ3n) is 4.48. The van der Waals surface area contributed by atoms with Gasteiger partial charge in [-0.05, 0) is 30.2 Å². The molecule has 1 atom stereocenters. The van der Waals surface area contributed by atoms with Gasteiger partial charge in [0.15, 0.2) is 9.84 Å². The van der Waals surface area contributed by atoms with Gasteiger partial charge in [0, 0.05) is 18.1 Å². The summed E-state index contributed by atoms with van der Waals surface area (Å²) in [5, 5.41) is 0.599. The molecule has 2 fully saturated rings. The number of halogens is 1. The monoisotopic (exact) mass is 444 g/mol. The molecule has 0 N–H and O–H groups in total. The number of rotatable bonds is 4. The summed E-state index contributed by atoms with van der Waals surface area (Å²) >= 11 is 12.2. The third kappa shape index (κ3) is 4.71. The van der Waals surface area contributed by atoms with Gasteiger partial charge in [-0.3, -0.25) is 14.5 Å². The highest BCUT2D eigenvalue weighted by molar-refractivity contribution is 8.26. The maximum absolute atomic E-state index is 12.6. The maximum Gasteiger partial charge on any atom is 0.266 e. The zero-order valence-electron chi connectivity index (χ0n) is 14.4. The first kappa shape index (κ1) is 20.3. The van der Waals surface area contributed by atoms with Crippen LogP contribution in [0.3, 0.4) is 0 Å². The van der Waals surface area contributed by atoms with E-state index in [0.717, 1.165) is 17.3 Å². The zero-order chi connectivity index (χ0) is 19.8. The van der Waals surface area contributed by atoms with Gasteiger partial charge < -0.3 is 4.90 Å². The maximum atomic E-state index is 12.6. The number of hydrogen-bond donors (Lipinski definition) is 0. The molecule has 0 aliphatic carbocycles. The zero-order valence-corrected chi connectivity index (χ0v) is 17.6. The number of thioether (sulfide) groups is 1. The highest BCUT2D eigenvalue weighted by Gasteiger charge is 2.37. The van der Waals surface area contributed by atoms with Crippen LogP contribution in [0.4, 0.5) is 0 Å². The Bertz CT molecular complexity index is 928. The van der Waals surface area contributed by atoms with Gasteiger partial charge in [-0.25, -0.2) is 8.42 Å². The van der Waals surface area contributed by atoms with E-state index < -0.39 is 9.84 Å². The molecule has 0 aromatic heterocycles. The molecule has 2 heterocycles. The molecule has 27 heavy (non-hydrogen) atoms. The summed E-state index contributed by atoms with van der Waals surface area (Å²) in [4.78, 5) is 28.2. The number of thiocarbonyl (C=S) groups is 1. The van der Waals surface area contributed by atoms with E-state index in [-0.39, 0.29) is 35.9 Å². The first-order valence-electron chi connectivity index (χ1n) is 8.13. The molecule has 1 aromatic rings. The van der Waals surface area contributed by atoms with E-state index in [2.05, 4.69) is 0 Å². The van der Waals surface area contributed by atoms with E-state index in [1.807, 2.05) is 0 Å². The Hall–Kier alpha value is -1.42. The summed E-state index contributed by atoms with van der Waals surface area (Å²) < 4.78 is 23.5. The highest BCUT2D eigenvalue weighted by atomic mass is 35.5. The molecular weight excluding hydrogens is 428 g/mol. The number of carbonyl (C=O) groups is 2. The molecule has 3 rings (SSSR count). The number of sulfone groups is 1. The van der Waals surface area contributed by atoms with Crippen molar-refractivity contribution in [2.45, 2.75) is 12.5 Å². The fourth-order valence-electron chi connectivity index (χ4n) is 2.88. The van der Waals surface area contributed by atoms with Crippen LogP contribution in [0.1, 0.15) is 12.0 Å². The standard InChI is InChI=1S/C17H17ClN2O4S3/c1-19(13-6-7-27(23,24)10-13)15(21)9-20-16(22)14(26-17(20)25)8-11-2-4-12(18)5-3-11/h2-5,8,13H,6-7,9-10H2,1H3/b14-8-. The lowest BCUT2D eigenvalue weighted by Gasteiger charge is -2.25. The average Bonchev–Trinajstić information content (AvgIpc) is 3.10. The Morgan fingerprint density at radius 3 is 2.67 bits per heavy atom. The van der Waals surface area contributed by atoms with Gasteiger partial charge in [-0.1, -0.05) is 47.7 Å². The van der Waals surface area contributed by atoms with Gasteiger partial charge in [-0.15, -0.1) is 0 Å². The molecule has 1 aromatic carbocycles. The SMILES string of the molecule is CN(C(=O)CN1C(=O)/C(=C/c2ccc(Cl)cc2)SC1=S)C1CCS(=O)(=O)C1. The third-order valence-corrected chi connectivity index (χ3v) is 7.86. The second-order valence-electron chi connectivity index (χ2n) is 6.38. The largest absolute Gasteiger partial charge is 0.340 e. The van der Waals surface area contributed by atoms with Crippen LogP contribution in [0.25, 0.3) is 6.08 Å². The smallest absolute Gasteiger partial charge is 0.266 e. The Kier molecular flexibility index (Phi) is 5.95. The van der Waals surface area contributed by atoms with E-state index in [0.29, 0.717) is 20.7 Å². The van der Waals surface area contributed by atoms with Gasteiger partial charge in [0.25, 0.3) is 5.91 Å². The summed E-state index contributed by atoms with van der Waals surface area (Å²) in [5.41, 5.74) is 0.805. The number of hydrogen-bond acceptors (Lipinski definition) is 6. The Labute approximate surface area is 172 Å². The topological polar surface area (TPSA) is 74.8 Å². The van der Waals surface area contributed by atoms with E-state index in [1.165, 1.54) is 9.80 Å². The first-order chi connectivity index (χ1) is 12.7. The van der Waals surface area contributed by atoms with Crippen molar-refractivity contribution >= 4 is 67.6 Å². The minimum Gasteiger partial charge on any atom is -0.340 e. The fourth-order valence-corrected chi connectivity index (χ4v) is 6.03. The molecule has 2 aliphatic heterocycles. The van der Waals surface area contributed by atoms with Crippen LogP contribution in [0.5, 0.6) is 0 Å². The molecule has 0 saturated carbocycles. The van der Waals surface area contributed by atoms with E-state index in [1.54, 1.807) is 37.4 Å². The van der Waals surface area contributed by atoms with Crippen molar-refractivity contribution in [3.05, 3.63) is 39.8 Å². The van der Waals surface area contributed by atoms with Crippen LogP contribution in [-0.2, 0) is 19.4 Å². The number of nitrogens with zero attached hydrogens (tertiary/aromatic N) is 2. The molecule has 2 aliphatic rings. The van der Waals surface area contributed by atoms with E-state index in [4.69, 9.17) is 23.8 Å². The second-order valence-corrected chi connectivity index (χ2v) is 10.7. The number of carbonyl (C=O) groups excluding carboxylic acids is 2. The summed E-state index contributed by atoms with van der Waals surface area (Å²) in [6, 6.07) is 6.67. The van der Waals surface area contributed by atoms with E-state index in [9.17, 15) is 18.0 Å². The van der Waals surface area contributed by atoms with Crippen LogP contribution in [-0.4, -0.2) is 65.5 Å². The normalized spacial score (nSPS) is 23.3. The van der Waals surface area contributed by atoms with Gasteiger partial charge in [0.05, 0.1) is 16.4 Å². The average molecular weight is 445 g/mol. The van der Waals surface area contributed by atoms with Crippen molar-refractivity contribution in [1.82, 2.24) is 9.80 Å². The number of benzene rings is 1. The summed E-state index contributed by atoms with van der Waals surface area (Å²) in [5.74, 6) is -0.619. The predicted octanol–water partition coefficient (Wildman–Crippen LogP) is 2.19. The fraction of sp³-hybridized carbons (Fsp3) is 0.353. The Morgan fingerprint density at radius 1 is 1.41 bits per heavy atom. The minimum atomic E-state index is -3.09. The quantitative estimate of drug-likeness (QED) is 0.523. The van der Waals surface area contributed by atoms with Crippen LogP contribution in [0, 0.1) is 0 Å². The van der Waals surface area contributed by atoms with Crippen LogP contribution in [0.2, 0.25) is 5.02 Å². The van der Waals surface area contributed by atoms with Crippen molar-refractivity contribution in [3.8, 4) is 0 Å². The molecule has 144 valence electrons. The molecule has 0 radical (unpaired) electrons. The van der Waals surface area contributed by atoms with E-state index >= 15 is 0 Å². The van der Waals surface area contributed by atoms with Crippen molar-refractivity contribution < 1.29 is 18.0 Å². The van der Waals surface area contributed by atoms with Crippen molar-refractivity contribution in [3.63, 3.8) is 0 Å². The van der Waals surface area contributed by atoms with Crippen molar-refractivity contribution in [1.29, 1.82) is 0 Å². The molecule has 0 bridgehead atoms. The lowest BCUT2D eigenvalue weighted by atomic mass is 10.2. The number of likely N-dealkylation sites (N-methyl/N-ethyl adjacent to an activating group) is 1. The van der Waals surface area contributed by atoms with Crippen LogP contribution >= 0.6 is 35.6 Å². The molecule has 6 nitrogen and oxygen atoms in total.